The van der Waals surface area contributed by atoms with Gasteiger partial charge >= 0.3 is 0 Å². The van der Waals surface area contributed by atoms with Gasteiger partial charge in [-0.25, -0.2) is 0 Å². The van der Waals surface area contributed by atoms with Crippen LogP contribution < -0.4 is 29.2 Å². The number of carbonyl (C=O) groups is 2. The molecule has 8 nitrogen and oxygen atoms in total. The summed E-state index contributed by atoms with van der Waals surface area (Å²) in [4.78, 5) is 27.0. The Bertz CT molecular complexity index is 1010. The summed E-state index contributed by atoms with van der Waals surface area (Å²) in [6.45, 7) is 0. The molecule has 156 valence electrons. The van der Waals surface area contributed by atoms with Crippen LogP contribution in [0.4, 0.5) is 5.69 Å². The zero-order chi connectivity index (χ0) is 21.8. The van der Waals surface area contributed by atoms with Crippen molar-refractivity contribution in [1.29, 1.82) is 0 Å². The van der Waals surface area contributed by atoms with Crippen molar-refractivity contribution in [2.24, 2.45) is 0 Å². The minimum Gasteiger partial charge on any atom is -0.497 e. The second-order valence-corrected chi connectivity index (χ2v) is 6.49. The van der Waals surface area contributed by atoms with Crippen LogP contribution in [0.15, 0.2) is 42.0 Å². The molecule has 1 heterocycles. The number of anilines is 1. The highest BCUT2D eigenvalue weighted by atomic mass is 32.1. The van der Waals surface area contributed by atoms with E-state index in [2.05, 4.69) is 5.32 Å². The van der Waals surface area contributed by atoms with Crippen molar-refractivity contribution in [3.05, 3.63) is 47.5 Å². The number of ether oxygens (including phenoxy) is 4. The summed E-state index contributed by atoms with van der Waals surface area (Å²) in [6, 6.07) is 10.00. The third kappa shape index (κ3) is 3.92. The lowest BCUT2D eigenvalue weighted by Crippen LogP contribution is -2.54. The second-order valence-electron chi connectivity index (χ2n) is 6.10. The number of benzene rings is 2. The Morgan fingerprint density at radius 2 is 1.43 bits per heavy atom. The van der Waals surface area contributed by atoms with Gasteiger partial charge in [0.15, 0.2) is 5.11 Å². The fourth-order valence-corrected chi connectivity index (χ4v) is 3.22. The predicted molar refractivity (Wildman–Crippen MR) is 115 cm³/mol. The largest absolute Gasteiger partial charge is 0.497 e. The summed E-state index contributed by atoms with van der Waals surface area (Å²) in [5.74, 6) is 0.698. The molecule has 1 fully saturated rings. The van der Waals surface area contributed by atoms with Gasteiger partial charge < -0.3 is 18.9 Å². The summed E-state index contributed by atoms with van der Waals surface area (Å²) in [6.07, 6.45) is 1.41. The van der Waals surface area contributed by atoms with Gasteiger partial charge in [0, 0.05) is 12.1 Å². The molecule has 1 aliphatic rings. The van der Waals surface area contributed by atoms with E-state index in [-0.39, 0.29) is 10.7 Å². The number of methoxy groups -OCH3 is 4. The Morgan fingerprint density at radius 1 is 0.867 bits per heavy atom. The first kappa shape index (κ1) is 21.1. The van der Waals surface area contributed by atoms with Crippen molar-refractivity contribution in [3.63, 3.8) is 0 Å². The number of hydrogen-bond donors (Lipinski definition) is 1. The molecule has 0 saturated carbocycles. The minimum atomic E-state index is -0.616. The Kier molecular flexibility index (Phi) is 6.22. The van der Waals surface area contributed by atoms with E-state index in [4.69, 9.17) is 31.2 Å². The van der Waals surface area contributed by atoms with Crippen LogP contribution in [-0.4, -0.2) is 45.4 Å². The minimum absolute atomic E-state index is 0.0130. The molecule has 30 heavy (non-hydrogen) atoms. The molecular weight excluding hydrogens is 408 g/mol. The van der Waals surface area contributed by atoms with Crippen LogP contribution in [0.3, 0.4) is 0 Å². The van der Waals surface area contributed by atoms with Gasteiger partial charge in [-0.1, -0.05) is 0 Å². The monoisotopic (exact) mass is 428 g/mol. The van der Waals surface area contributed by atoms with Crippen LogP contribution in [-0.2, 0) is 9.59 Å². The van der Waals surface area contributed by atoms with Gasteiger partial charge in [0.05, 0.1) is 39.7 Å². The van der Waals surface area contributed by atoms with Crippen LogP contribution in [0, 0.1) is 0 Å². The molecule has 0 unspecified atom stereocenters. The lowest BCUT2D eigenvalue weighted by Gasteiger charge is -2.29. The Morgan fingerprint density at radius 3 is 1.93 bits per heavy atom. The van der Waals surface area contributed by atoms with E-state index < -0.39 is 11.8 Å². The average molecular weight is 428 g/mol. The van der Waals surface area contributed by atoms with Crippen molar-refractivity contribution in [3.8, 4) is 23.0 Å². The van der Waals surface area contributed by atoms with Crippen LogP contribution in [0.1, 0.15) is 5.56 Å². The molecular formula is C21H20N2O6S. The normalized spacial score (nSPS) is 15.1. The first-order valence-electron chi connectivity index (χ1n) is 8.79. The highest BCUT2D eigenvalue weighted by Crippen LogP contribution is 2.36. The van der Waals surface area contributed by atoms with Crippen molar-refractivity contribution >= 4 is 40.9 Å². The van der Waals surface area contributed by atoms with Gasteiger partial charge in [-0.2, -0.15) is 0 Å². The third-order valence-corrected chi connectivity index (χ3v) is 4.76. The van der Waals surface area contributed by atoms with Gasteiger partial charge in [0.25, 0.3) is 11.8 Å². The van der Waals surface area contributed by atoms with E-state index in [1.165, 1.54) is 32.3 Å². The zero-order valence-corrected chi connectivity index (χ0v) is 17.7. The fourth-order valence-electron chi connectivity index (χ4n) is 2.94. The maximum absolute atomic E-state index is 13.2. The molecule has 2 amide bonds. The summed E-state index contributed by atoms with van der Waals surface area (Å²) >= 11 is 5.22. The summed E-state index contributed by atoms with van der Waals surface area (Å²) in [7, 11) is 6.00. The maximum atomic E-state index is 13.2. The summed E-state index contributed by atoms with van der Waals surface area (Å²) < 4.78 is 21.2. The highest BCUT2D eigenvalue weighted by molar-refractivity contribution is 7.80. The zero-order valence-electron chi connectivity index (χ0n) is 16.8. The number of amides is 2. The smallest absolute Gasteiger partial charge is 0.270 e. The SMILES string of the molecule is COc1ccc(N2C(=O)/C(=C/c3c(OC)cc(OC)cc3OC)C(=O)NC2=S)cc1. The first-order valence-corrected chi connectivity index (χ1v) is 9.19. The molecule has 1 N–H and O–H groups in total. The molecule has 3 rings (SSSR count). The lowest BCUT2D eigenvalue weighted by atomic mass is 10.0. The van der Waals surface area contributed by atoms with Gasteiger partial charge in [0.2, 0.25) is 0 Å². The van der Waals surface area contributed by atoms with E-state index in [1.807, 2.05) is 0 Å². The quantitative estimate of drug-likeness (QED) is 0.430. The van der Waals surface area contributed by atoms with Crippen LogP contribution >= 0.6 is 12.2 Å². The van der Waals surface area contributed by atoms with Crippen LogP contribution in [0.5, 0.6) is 23.0 Å². The molecule has 0 aromatic heterocycles. The van der Waals surface area contributed by atoms with Gasteiger partial charge in [-0.3, -0.25) is 19.8 Å². The number of carbonyl (C=O) groups excluding carboxylic acids is 2. The molecule has 0 atom stereocenters. The topological polar surface area (TPSA) is 86.3 Å². The summed E-state index contributed by atoms with van der Waals surface area (Å²) in [5, 5.41) is 2.53. The Balaban J connectivity index is 2.08. The standard InChI is InChI=1S/C21H20N2O6S/c1-26-13-7-5-12(6-8-13)23-20(25)16(19(24)22-21(23)30)11-15-17(28-3)9-14(27-2)10-18(15)29-4/h5-11H,1-4H3,(H,22,24,30)/b16-11+. The molecule has 2 aromatic rings. The van der Waals surface area contributed by atoms with Crippen molar-refractivity contribution < 1.29 is 28.5 Å². The number of hydrogen-bond acceptors (Lipinski definition) is 7. The molecule has 1 saturated heterocycles. The van der Waals surface area contributed by atoms with Crippen LogP contribution in [0.25, 0.3) is 6.08 Å². The second kappa shape index (κ2) is 8.83. The summed E-state index contributed by atoms with van der Waals surface area (Å²) in [5.41, 5.74) is 0.786. The van der Waals surface area contributed by atoms with Crippen LogP contribution in [0.2, 0.25) is 0 Å². The average Bonchev–Trinajstić information content (AvgIpc) is 2.76. The Hall–Kier alpha value is -3.59. The lowest BCUT2D eigenvalue weighted by molar-refractivity contribution is -0.122. The predicted octanol–water partition coefficient (Wildman–Crippen LogP) is 2.55. The molecule has 0 spiro atoms. The van der Waals surface area contributed by atoms with E-state index in [0.29, 0.717) is 34.2 Å². The third-order valence-electron chi connectivity index (χ3n) is 4.47. The van der Waals surface area contributed by atoms with Crippen molar-refractivity contribution in [2.45, 2.75) is 0 Å². The molecule has 0 bridgehead atoms. The first-order chi connectivity index (χ1) is 14.4. The van der Waals surface area contributed by atoms with Gasteiger partial charge in [-0.15, -0.1) is 0 Å². The highest BCUT2D eigenvalue weighted by Gasteiger charge is 2.35. The molecule has 1 aliphatic heterocycles. The number of nitrogens with zero attached hydrogens (tertiary/aromatic N) is 1. The van der Waals surface area contributed by atoms with Crippen molar-refractivity contribution in [2.75, 3.05) is 33.3 Å². The van der Waals surface area contributed by atoms with Gasteiger partial charge in [0.1, 0.15) is 28.6 Å². The molecule has 0 radical (unpaired) electrons. The molecule has 2 aromatic carbocycles. The molecule has 9 heteroatoms. The van der Waals surface area contributed by atoms with E-state index >= 15 is 0 Å². The maximum Gasteiger partial charge on any atom is 0.270 e. The fraction of sp³-hybridized carbons (Fsp3) is 0.190. The van der Waals surface area contributed by atoms with E-state index in [1.54, 1.807) is 43.5 Å². The van der Waals surface area contributed by atoms with E-state index in [0.717, 1.165) is 0 Å². The van der Waals surface area contributed by atoms with Gasteiger partial charge in [-0.05, 0) is 42.6 Å². The number of nitrogens with one attached hydrogen (secondary N) is 1. The van der Waals surface area contributed by atoms with Crippen molar-refractivity contribution in [1.82, 2.24) is 5.32 Å². The Labute approximate surface area is 179 Å². The molecule has 0 aliphatic carbocycles. The number of rotatable bonds is 6. The number of thiocarbonyl (C=S) groups is 1. The van der Waals surface area contributed by atoms with E-state index in [9.17, 15) is 9.59 Å².